The lowest BCUT2D eigenvalue weighted by molar-refractivity contribution is 0.584. The zero-order valence-electron chi connectivity index (χ0n) is 11.3. The Morgan fingerprint density at radius 3 is 2.38 bits per heavy atom. The molecule has 1 heterocycles. The third-order valence-corrected chi connectivity index (χ3v) is 3.36. The number of nitrogens with two attached hydrogens (primary N) is 1. The second-order valence-electron chi connectivity index (χ2n) is 4.83. The highest BCUT2D eigenvalue weighted by Gasteiger charge is 2.17. The van der Waals surface area contributed by atoms with Crippen molar-refractivity contribution < 1.29 is 8.78 Å². The van der Waals surface area contributed by atoms with E-state index in [2.05, 4.69) is 10.2 Å². The fraction of sp³-hybridized carbons (Fsp3) is 0.0625. The van der Waals surface area contributed by atoms with E-state index in [1.165, 1.54) is 12.1 Å². The average molecular weight is 285 g/mol. The Morgan fingerprint density at radius 2 is 1.71 bits per heavy atom. The summed E-state index contributed by atoms with van der Waals surface area (Å²) in [6, 6.07) is 11.0. The van der Waals surface area contributed by atoms with Gasteiger partial charge in [-0.25, -0.2) is 8.78 Å². The first-order chi connectivity index (χ1) is 10.1. The molecule has 0 aliphatic rings. The number of H-pyrrole nitrogens is 1. The molecule has 5 heteroatoms. The number of aromatic amines is 1. The number of hydrogen-bond acceptors (Lipinski definition) is 2. The molecule has 0 saturated carbocycles. The third kappa shape index (κ3) is 2.38. The lowest BCUT2D eigenvalue weighted by Gasteiger charge is -2.08. The number of aryl methyl sites for hydroxylation is 1. The molecule has 0 fully saturated rings. The third-order valence-electron chi connectivity index (χ3n) is 3.36. The number of nitrogens with one attached hydrogen (secondary N) is 1. The second kappa shape index (κ2) is 5.01. The molecule has 0 aliphatic heterocycles. The predicted molar refractivity (Wildman–Crippen MR) is 78.5 cm³/mol. The highest BCUT2D eigenvalue weighted by molar-refractivity contribution is 5.88. The van der Waals surface area contributed by atoms with Crippen molar-refractivity contribution in [2.45, 2.75) is 6.92 Å². The zero-order chi connectivity index (χ0) is 15.0. The number of rotatable bonds is 2. The maximum Gasteiger partial charge on any atom is 0.153 e. The number of aromatic nitrogens is 2. The highest BCUT2D eigenvalue weighted by atomic mass is 19.1. The topological polar surface area (TPSA) is 54.7 Å². The monoisotopic (exact) mass is 285 g/mol. The van der Waals surface area contributed by atoms with Crippen LogP contribution < -0.4 is 5.73 Å². The van der Waals surface area contributed by atoms with Crippen LogP contribution in [-0.4, -0.2) is 10.2 Å². The lowest BCUT2D eigenvalue weighted by Crippen LogP contribution is -1.91. The number of nitrogens with zero attached hydrogens (tertiary/aromatic N) is 1. The first kappa shape index (κ1) is 13.3. The van der Waals surface area contributed by atoms with Gasteiger partial charge in [-0.3, -0.25) is 5.10 Å². The summed E-state index contributed by atoms with van der Waals surface area (Å²) < 4.78 is 26.9. The van der Waals surface area contributed by atoms with E-state index < -0.39 is 11.6 Å². The Kier molecular flexibility index (Phi) is 3.17. The fourth-order valence-electron chi connectivity index (χ4n) is 2.39. The van der Waals surface area contributed by atoms with Gasteiger partial charge in [0, 0.05) is 11.6 Å². The van der Waals surface area contributed by atoms with E-state index in [0.717, 1.165) is 17.2 Å². The summed E-state index contributed by atoms with van der Waals surface area (Å²) in [5, 5.41) is 6.83. The largest absolute Gasteiger partial charge is 0.382 e. The first-order valence-corrected chi connectivity index (χ1v) is 6.42. The van der Waals surface area contributed by atoms with Crippen LogP contribution in [0.4, 0.5) is 14.6 Å². The summed E-state index contributed by atoms with van der Waals surface area (Å²) >= 11 is 0. The van der Waals surface area contributed by atoms with E-state index in [4.69, 9.17) is 5.73 Å². The summed E-state index contributed by atoms with van der Waals surface area (Å²) in [5.74, 6) is -1.10. The van der Waals surface area contributed by atoms with Gasteiger partial charge in [0.05, 0.1) is 11.3 Å². The molecule has 0 amide bonds. The van der Waals surface area contributed by atoms with Gasteiger partial charge < -0.3 is 5.73 Å². The van der Waals surface area contributed by atoms with Crippen molar-refractivity contribution in [2.75, 3.05) is 5.73 Å². The number of halogens is 2. The lowest BCUT2D eigenvalue weighted by atomic mass is 9.98. The van der Waals surface area contributed by atoms with Gasteiger partial charge in [0.15, 0.2) is 5.82 Å². The molecule has 3 rings (SSSR count). The van der Waals surface area contributed by atoms with Crippen LogP contribution in [0.25, 0.3) is 22.4 Å². The zero-order valence-corrected chi connectivity index (χ0v) is 11.3. The normalized spacial score (nSPS) is 10.8. The number of nitrogen functional groups attached to an aromatic ring is 1. The Bertz CT molecular complexity index is 789. The smallest absolute Gasteiger partial charge is 0.153 e. The molecule has 0 saturated heterocycles. The standard InChI is InChI=1S/C16H13F2N3/c1-9-4-2-3-5-13(9)15-14(16(19)21-20-15)10-6-11(17)8-12(18)7-10/h2-8H,1H3,(H3,19,20,21). The Hall–Kier alpha value is -2.69. The van der Waals surface area contributed by atoms with E-state index in [0.29, 0.717) is 16.8 Å². The summed E-state index contributed by atoms with van der Waals surface area (Å²) in [6.45, 7) is 1.95. The van der Waals surface area contributed by atoms with Crippen molar-refractivity contribution in [1.29, 1.82) is 0 Å². The molecule has 0 atom stereocenters. The van der Waals surface area contributed by atoms with E-state index in [9.17, 15) is 8.78 Å². The SMILES string of the molecule is Cc1ccccc1-c1[nH]nc(N)c1-c1cc(F)cc(F)c1. The molecule has 0 bridgehead atoms. The van der Waals surface area contributed by atoms with Crippen LogP contribution >= 0.6 is 0 Å². The van der Waals surface area contributed by atoms with E-state index in [-0.39, 0.29) is 5.82 Å². The maximum absolute atomic E-state index is 13.5. The maximum atomic E-state index is 13.5. The van der Waals surface area contributed by atoms with Crippen LogP contribution in [0.1, 0.15) is 5.56 Å². The fourth-order valence-corrected chi connectivity index (χ4v) is 2.39. The minimum absolute atomic E-state index is 0.207. The van der Waals surface area contributed by atoms with Gasteiger partial charge in [0.25, 0.3) is 0 Å². The summed E-state index contributed by atoms with van der Waals surface area (Å²) in [6.07, 6.45) is 0. The van der Waals surface area contributed by atoms with Gasteiger partial charge in [-0.15, -0.1) is 0 Å². The van der Waals surface area contributed by atoms with Crippen LogP contribution in [0.3, 0.4) is 0 Å². The minimum Gasteiger partial charge on any atom is -0.382 e. The molecule has 106 valence electrons. The summed E-state index contributed by atoms with van der Waals surface area (Å²) in [5.41, 5.74) is 9.29. The molecule has 3 N–H and O–H groups in total. The number of hydrogen-bond donors (Lipinski definition) is 2. The van der Waals surface area contributed by atoms with Crippen molar-refractivity contribution in [3.05, 3.63) is 59.7 Å². The van der Waals surface area contributed by atoms with Gasteiger partial charge in [0.2, 0.25) is 0 Å². The quantitative estimate of drug-likeness (QED) is 0.750. The summed E-state index contributed by atoms with van der Waals surface area (Å²) in [7, 11) is 0. The van der Waals surface area contributed by atoms with Crippen molar-refractivity contribution >= 4 is 5.82 Å². The van der Waals surface area contributed by atoms with Crippen molar-refractivity contribution in [3.8, 4) is 22.4 Å². The van der Waals surface area contributed by atoms with Gasteiger partial charge in [-0.05, 0) is 30.2 Å². The van der Waals surface area contributed by atoms with Crippen LogP contribution in [0.2, 0.25) is 0 Å². The van der Waals surface area contributed by atoms with Crippen LogP contribution in [0.5, 0.6) is 0 Å². The molecular weight excluding hydrogens is 272 g/mol. The molecule has 3 aromatic rings. The Morgan fingerprint density at radius 1 is 1.05 bits per heavy atom. The van der Waals surface area contributed by atoms with E-state index >= 15 is 0 Å². The van der Waals surface area contributed by atoms with Crippen LogP contribution in [-0.2, 0) is 0 Å². The van der Waals surface area contributed by atoms with Gasteiger partial charge in [-0.1, -0.05) is 24.3 Å². The molecule has 2 aromatic carbocycles. The number of anilines is 1. The van der Waals surface area contributed by atoms with E-state index in [1.807, 2.05) is 31.2 Å². The van der Waals surface area contributed by atoms with Crippen molar-refractivity contribution in [1.82, 2.24) is 10.2 Å². The number of benzene rings is 2. The van der Waals surface area contributed by atoms with Gasteiger partial charge in [-0.2, -0.15) is 5.10 Å². The van der Waals surface area contributed by atoms with E-state index in [1.54, 1.807) is 0 Å². The molecule has 0 aliphatic carbocycles. The van der Waals surface area contributed by atoms with Crippen molar-refractivity contribution in [2.24, 2.45) is 0 Å². The Labute approximate surface area is 120 Å². The van der Waals surface area contributed by atoms with Gasteiger partial charge in [0.1, 0.15) is 11.6 Å². The molecule has 21 heavy (non-hydrogen) atoms. The minimum atomic E-state index is -0.652. The molecule has 0 radical (unpaired) electrons. The molecule has 1 aromatic heterocycles. The average Bonchev–Trinajstić information content (AvgIpc) is 2.80. The molecular formula is C16H13F2N3. The Balaban J connectivity index is 2.25. The van der Waals surface area contributed by atoms with Crippen molar-refractivity contribution in [3.63, 3.8) is 0 Å². The molecule has 3 nitrogen and oxygen atoms in total. The molecule has 0 unspecified atom stereocenters. The summed E-state index contributed by atoms with van der Waals surface area (Å²) in [4.78, 5) is 0. The second-order valence-corrected chi connectivity index (χ2v) is 4.83. The highest BCUT2D eigenvalue weighted by Crippen LogP contribution is 2.36. The first-order valence-electron chi connectivity index (χ1n) is 6.42. The molecule has 0 spiro atoms. The van der Waals surface area contributed by atoms with Crippen LogP contribution in [0.15, 0.2) is 42.5 Å². The predicted octanol–water partition coefficient (Wildman–Crippen LogP) is 3.91. The van der Waals surface area contributed by atoms with Crippen LogP contribution in [0, 0.1) is 18.6 Å². The van der Waals surface area contributed by atoms with Gasteiger partial charge >= 0.3 is 0 Å².